The van der Waals surface area contributed by atoms with Crippen LogP contribution in [0.2, 0.25) is 0 Å². The van der Waals surface area contributed by atoms with Gasteiger partial charge < -0.3 is 0 Å². The molecule has 0 aliphatic rings. The van der Waals surface area contributed by atoms with Gasteiger partial charge in [-0.05, 0) is 64.8 Å². The first-order chi connectivity index (χ1) is 11.7. The largest absolute Gasteiger partial charge is 0.0651 e. The Morgan fingerprint density at radius 2 is 1.42 bits per heavy atom. The highest BCUT2D eigenvalue weighted by Crippen LogP contribution is 2.32. The van der Waals surface area contributed by atoms with Gasteiger partial charge >= 0.3 is 0 Å². The number of hydrogen-bond donors (Lipinski definition) is 0. The summed E-state index contributed by atoms with van der Waals surface area (Å²) in [7, 11) is 0. The van der Waals surface area contributed by atoms with Crippen LogP contribution in [0.5, 0.6) is 0 Å². The van der Waals surface area contributed by atoms with Gasteiger partial charge in [0.15, 0.2) is 0 Å². The van der Waals surface area contributed by atoms with Crippen molar-refractivity contribution in [3.63, 3.8) is 0 Å². The van der Waals surface area contributed by atoms with E-state index in [2.05, 4.69) is 87.5 Å². The molecule has 0 radical (unpaired) electrons. The number of aryl methyl sites for hydroxylation is 3. The SMILES string of the molecule is CCCc1ccccc1-c1cc(-c2ccc(CC)cc2)ccc1C. The molecule has 3 rings (SSSR count). The third-order valence-electron chi connectivity index (χ3n) is 4.76. The van der Waals surface area contributed by atoms with Gasteiger partial charge in [-0.15, -0.1) is 0 Å². The molecular weight excluding hydrogens is 288 g/mol. The molecule has 3 aromatic carbocycles. The maximum absolute atomic E-state index is 2.35. The Bertz CT molecular complexity index is 810. The predicted molar refractivity (Wildman–Crippen MR) is 105 cm³/mol. The molecule has 0 saturated carbocycles. The topological polar surface area (TPSA) is 0 Å². The van der Waals surface area contributed by atoms with Crippen LogP contribution in [0.3, 0.4) is 0 Å². The first-order valence-electron chi connectivity index (χ1n) is 9.01. The Labute approximate surface area is 146 Å². The molecule has 0 fully saturated rings. The van der Waals surface area contributed by atoms with E-state index in [-0.39, 0.29) is 0 Å². The fraction of sp³-hybridized carbons (Fsp3) is 0.250. The van der Waals surface area contributed by atoms with E-state index in [1.165, 1.54) is 45.4 Å². The van der Waals surface area contributed by atoms with Gasteiger partial charge in [0.05, 0.1) is 0 Å². The molecule has 0 amide bonds. The van der Waals surface area contributed by atoms with E-state index in [1.807, 2.05) is 0 Å². The second-order valence-corrected chi connectivity index (χ2v) is 6.49. The van der Waals surface area contributed by atoms with E-state index < -0.39 is 0 Å². The van der Waals surface area contributed by atoms with E-state index in [0.717, 1.165) is 12.8 Å². The van der Waals surface area contributed by atoms with Gasteiger partial charge in [0.2, 0.25) is 0 Å². The molecule has 0 bridgehead atoms. The van der Waals surface area contributed by atoms with Crippen molar-refractivity contribution in [1.82, 2.24) is 0 Å². The van der Waals surface area contributed by atoms with Crippen molar-refractivity contribution in [2.24, 2.45) is 0 Å². The highest BCUT2D eigenvalue weighted by atomic mass is 14.1. The van der Waals surface area contributed by atoms with Gasteiger partial charge in [-0.3, -0.25) is 0 Å². The van der Waals surface area contributed by atoms with Crippen molar-refractivity contribution in [1.29, 1.82) is 0 Å². The summed E-state index contributed by atoms with van der Waals surface area (Å²) in [5.41, 5.74) is 9.50. The fourth-order valence-corrected chi connectivity index (χ4v) is 3.30. The Hall–Kier alpha value is -2.34. The molecule has 0 saturated heterocycles. The molecule has 122 valence electrons. The van der Waals surface area contributed by atoms with Crippen LogP contribution >= 0.6 is 0 Å². The Kier molecular flexibility index (Phi) is 5.15. The lowest BCUT2D eigenvalue weighted by molar-refractivity contribution is 0.923. The number of hydrogen-bond acceptors (Lipinski definition) is 0. The van der Waals surface area contributed by atoms with Crippen LogP contribution in [0.1, 0.15) is 37.0 Å². The molecule has 3 aromatic rings. The first-order valence-corrected chi connectivity index (χ1v) is 9.01. The normalized spacial score (nSPS) is 10.8. The van der Waals surface area contributed by atoms with Crippen molar-refractivity contribution in [3.8, 4) is 22.3 Å². The standard InChI is InChI=1S/C24H26/c1-4-8-21-9-6-7-10-23(21)24-17-22(14-11-18(24)3)20-15-12-19(5-2)13-16-20/h6-7,9-17H,4-5,8H2,1-3H3. The van der Waals surface area contributed by atoms with Crippen molar-refractivity contribution < 1.29 is 0 Å². The smallest absolute Gasteiger partial charge is 0.0146 e. The van der Waals surface area contributed by atoms with Crippen LogP contribution in [0, 0.1) is 6.92 Å². The Balaban J connectivity index is 2.06. The van der Waals surface area contributed by atoms with E-state index in [4.69, 9.17) is 0 Å². The Morgan fingerprint density at radius 3 is 2.12 bits per heavy atom. The minimum atomic E-state index is 1.09. The summed E-state index contributed by atoms with van der Waals surface area (Å²) in [6.07, 6.45) is 3.39. The summed E-state index contributed by atoms with van der Waals surface area (Å²) in [6.45, 7) is 6.65. The maximum atomic E-state index is 2.35. The lowest BCUT2D eigenvalue weighted by atomic mass is 9.91. The van der Waals surface area contributed by atoms with Gasteiger partial charge in [-0.25, -0.2) is 0 Å². The van der Waals surface area contributed by atoms with Gasteiger partial charge in [0.25, 0.3) is 0 Å². The zero-order chi connectivity index (χ0) is 16.9. The average molecular weight is 314 g/mol. The van der Waals surface area contributed by atoms with Crippen LogP contribution in [-0.4, -0.2) is 0 Å². The lowest BCUT2D eigenvalue weighted by Crippen LogP contribution is -1.92. The molecule has 0 heterocycles. The van der Waals surface area contributed by atoms with Crippen LogP contribution in [0.15, 0.2) is 66.7 Å². The van der Waals surface area contributed by atoms with Crippen molar-refractivity contribution in [3.05, 3.63) is 83.4 Å². The third-order valence-corrected chi connectivity index (χ3v) is 4.76. The molecule has 0 aliphatic carbocycles. The summed E-state index contributed by atoms with van der Waals surface area (Å²) < 4.78 is 0. The van der Waals surface area contributed by atoms with E-state index in [0.29, 0.717) is 0 Å². The summed E-state index contributed by atoms with van der Waals surface area (Å²) in [6, 6.07) is 24.6. The van der Waals surface area contributed by atoms with Crippen LogP contribution in [-0.2, 0) is 12.8 Å². The molecule has 0 atom stereocenters. The minimum absolute atomic E-state index is 1.09. The molecule has 0 unspecified atom stereocenters. The van der Waals surface area contributed by atoms with E-state index in [1.54, 1.807) is 0 Å². The zero-order valence-electron chi connectivity index (χ0n) is 15.0. The highest BCUT2D eigenvalue weighted by molar-refractivity contribution is 5.77. The highest BCUT2D eigenvalue weighted by Gasteiger charge is 2.09. The van der Waals surface area contributed by atoms with Crippen LogP contribution in [0.25, 0.3) is 22.3 Å². The van der Waals surface area contributed by atoms with Crippen molar-refractivity contribution >= 4 is 0 Å². The summed E-state index contributed by atoms with van der Waals surface area (Å²) in [5, 5.41) is 0. The van der Waals surface area contributed by atoms with E-state index >= 15 is 0 Å². The predicted octanol–water partition coefficient (Wildman–Crippen LogP) is 6.84. The second-order valence-electron chi connectivity index (χ2n) is 6.49. The first kappa shape index (κ1) is 16.5. The van der Waals surface area contributed by atoms with Crippen LogP contribution < -0.4 is 0 Å². The molecule has 0 heteroatoms. The van der Waals surface area contributed by atoms with Crippen molar-refractivity contribution in [2.45, 2.75) is 40.0 Å². The molecular formula is C24H26. The third kappa shape index (κ3) is 3.43. The second kappa shape index (κ2) is 7.49. The lowest BCUT2D eigenvalue weighted by Gasteiger charge is -2.14. The fourth-order valence-electron chi connectivity index (χ4n) is 3.30. The van der Waals surface area contributed by atoms with Gasteiger partial charge in [-0.2, -0.15) is 0 Å². The van der Waals surface area contributed by atoms with Crippen LogP contribution in [0.4, 0.5) is 0 Å². The molecule has 0 aromatic heterocycles. The maximum Gasteiger partial charge on any atom is -0.0146 e. The summed E-state index contributed by atoms with van der Waals surface area (Å²) >= 11 is 0. The monoisotopic (exact) mass is 314 g/mol. The molecule has 0 spiro atoms. The summed E-state index contributed by atoms with van der Waals surface area (Å²) in [5.74, 6) is 0. The van der Waals surface area contributed by atoms with Gasteiger partial charge in [0.1, 0.15) is 0 Å². The zero-order valence-corrected chi connectivity index (χ0v) is 15.0. The Morgan fingerprint density at radius 1 is 0.708 bits per heavy atom. The average Bonchev–Trinajstić information content (AvgIpc) is 2.63. The van der Waals surface area contributed by atoms with E-state index in [9.17, 15) is 0 Å². The molecule has 0 N–H and O–H groups in total. The van der Waals surface area contributed by atoms with Crippen molar-refractivity contribution in [2.75, 3.05) is 0 Å². The quantitative estimate of drug-likeness (QED) is 0.483. The number of benzene rings is 3. The molecule has 0 nitrogen and oxygen atoms in total. The summed E-state index contributed by atoms with van der Waals surface area (Å²) in [4.78, 5) is 0. The molecule has 24 heavy (non-hydrogen) atoms. The minimum Gasteiger partial charge on any atom is -0.0651 e. The van der Waals surface area contributed by atoms with Gasteiger partial charge in [0, 0.05) is 0 Å². The molecule has 0 aliphatic heterocycles. The van der Waals surface area contributed by atoms with Gasteiger partial charge in [-0.1, -0.05) is 80.9 Å². The number of rotatable bonds is 5.